The number of hydrogen-bond acceptors (Lipinski definition) is 4. The van der Waals surface area contributed by atoms with Crippen LogP contribution in [0.2, 0.25) is 0 Å². The molecule has 0 unspecified atom stereocenters. The summed E-state index contributed by atoms with van der Waals surface area (Å²) in [6.07, 6.45) is 0.962. The van der Waals surface area contributed by atoms with E-state index >= 15 is 0 Å². The van der Waals surface area contributed by atoms with Crippen LogP contribution in [0.4, 0.5) is 0 Å². The lowest BCUT2D eigenvalue weighted by molar-refractivity contribution is 0.0126. The van der Waals surface area contributed by atoms with Crippen LogP contribution in [-0.4, -0.2) is 36.5 Å². The molecule has 1 aromatic carbocycles. The van der Waals surface area contributed by atoms with Gasteiger partial charge in [-0.1, -0.05) is 24.3 Å². The first-order valence-electron chi connectivity index (χ1n) is 6.80. The van der Waals surface area contributed by atoms with Crippen molar-refractivity contribution in [2.24, 2.45) is 5.73 Å². The van der Waals surface area contributed by atoms with E-state index in [2.05, 4.69) is 0 Å². The molecule has 1 fully saturated rings. The van der Waals surface area contributed by atoms with E-state index < -0.39 is 15.6 Å². The summed E-state index contributed by atoms with van der Waals surface area (Å²) in [5, 5.41) is 9.88. The smallest absolute Gasteiger partial charge is 0.218 e. The molecular formula is C14H22N2O3S. The number of rotatable bonds is 4. The maximum absolute atomic E-state index is 12.4. The summed E-state index contributed by atoms with van der Waals surface area (Å²) >= 11 is 0. The van der Waals surface area contributed by atoms with Crippen molar-refractivity contribution in [1.29, 1.82) is 0 Å². The Kier molecular flexibility index (Phi) is 4.49. The van der Waals surface area contributed by atoms with Crippen molar-refractivity contribution in [3.8, 4) is 0 Å². The third kappa shape index (κ3) is 3.79. The second-order valence-electron chi connectivity index (χ2n) is 5.68. The highest BCUT2D eigenvalue weighted by Crippen LogP contribution is 2.24. The zero-order valence-electron chi connectivity index (χ0n) is 11.7. The van der Waals surface area contributed by atoms with Crippen LogP contribution in [0.15, 0.2) is 24.3 Å². The van der Waals surface area contributed by atoms with Gasteiger partial charge in [-0.3, -0.25) is 0 Å². The molecule has 3 N–H and O–H groups in total. The van der Waals surface area contributed by atoms with E-state index in [1.165, 1.54) is 4.31 Å². The van der Waals surface area contributed by atoms with Crippen LogP contribution in [0.5, 0.6) is 0 Å². The van der Waals surface area contributed by atoms with E-state index in [4.69, 9.17) is 5.73 Å². The van der Waals surface area contributed by atoms with Gasteiger partial charge < -0.3 is 10.8 Å². The molecule has 0 aliphatic carbocycles. The highest BCUT2D eigenvalue weighted by molar-refractivity contribution is 7.88. The van der Waals surface area contributed by atoms with E-state index in [1.54, 1.807) is 13.0 Å². The Labute approximate surface area is 120 Å². The first-order valence-corrected chi connectivity index (χ1v) is 8.41. The van der Waals surface area contributed by atoms with Crippen molar-refractivity contribution in [3.05, 3.63) is 35.4 Å². The van der Waals surface area contributed by atoms with Crippen LogP contribution in [0.1, 0.15) is 30.9 Å². The van der Waals surface area contributed by atoms with Gasteiger partial charge in [-0.15, -0.1) is 0 Å². The van der Waals surface area contributed by atoms with Crippen LogP contribution in [0, 0.1) is 0 Å². The van der Waals surface area contributed by atoms with E-state index in [0.717, 1.165) is 11.1 Å². The Hall–Kier alpha value is -0.950. The quantitative estimate of drug-likeness (QED) is 0.862. The Morgan fingerprint density at radius 1 is 1.30 bits per heavy atom. The first kappa shape index (κ1) is 15.4. The van der Waals surface area contributed by atoms with Crippen molar-refractivity contribution in [1.82, 2.24) is 4.31 Å². The second kappa shape index (κ2) is 5.81. The summed E-state index contributed by atoms with van der Waals surface area (Å²) in [5.74, 6) is -0.0109. The van der Waals surface area contributed by atoms with Gasteiger partial charge in [0.25, 0.3) is 0 Å². The van der Waals surface area contributed by atoms with E-state index in [1.807, 2.05) is 18.2 Å². The van der Waals surface area contributed by atoms with Crippen molar-refractivity contribution < 1.29 is 13.5 Å². The van der Waals surface area contributed by atoms with Gasteiger partial charge in [0.1, 0.15) is 0 Å². The average Bonchev–Trinajstić information content (AvgIpc) is 2.38. The maximum Gasteiger partial charge on any atom is 0.218 e. The van der Waals surface area contributed by atoms with Gasteiger partial charge in [-0.05, 0) is 30.9 Å². The SMILES string of the molecule is CC1(O)CCN(S(=O)(=O)Cc2cccc(CN)c2)CC1. The highest BCUT2D eigenvalue weighted by Gasteiger charge is 2.33. The molecule has 1 heterocycles. The Balaban J connectivity index is 2.07. The lowest BCUT2D eigenvalue weighted by Gasteiger charge is -2.35. The van der Waals surface area contributed by atoms with E-state index in [-0.39, 0.29) is 5.75 Å². The monoisotopic (exact) mass is 298 g/mol. The molecule has 20 heavy (non-hydrogen) atoms. The maximum atomic E-state index is 12.4. The number of nitrogens with two attached hydrogens (primary N) is 1. The van der Waals surface area contributed by atoms with Crippen molar-refractivity contribution in [2.75, 3.05) is 13.1 Å². The molecule has 1 aliphatic rings. The number of benzene rings is 1. The molecule has 0 saturated carbocycles. The van der Waals surface area contributed by atoms with Gasteiger partial charge in [-0.25, -0.2) is 12.7 Å². The summed E-state index contributed by atoms with van der Waals surface area (Å²) in [7, 11) is -3.33. The number of hydrogen-bond donors (Lipinski definition) is 2. The molecular weight excluding hydrogens is 276 g/mol. The number of sulfonamides is 1. The summed E-state index contributed by atoms with van der Waals surface area (Å²) in [5.41, 5.74) is 6.51. The molecule has 112 valence electrons. The van der Waals surface area contributed by atoms with Crippen molar-refractivity contribution in [2.45, 2.75) is 37.7 Å². The van der Waals surface area contributed by atoms with Crippen LogP contribution in [0.3, 0.4) is 0 Å². The fraction of sp³-hybridized carbons (Fsp3) is 0.571. The number of aliphatic hydroxyl groups is 1. The molecule has 1 saturated heterocycles. The molecule has 1 aromatic rings. The van der Waals surface area contributed by atoms with E-state index in [0.29, 0.717) is 32.5 Å². The van der Waals surface area contributed by atoms with Gasteiger partial charge in [-0.2, -0.15) is 0 Å². The fourth-order valence-corrected chi connectivity index (χ4v) is 3.92. The van der Waals surface area contributed by atoms with Gasteiger partial charge in [0.2, 0.25) is 10.0 Å². The number of piperidine rings is 1. The van der Waals surface area contributed by atoms with Gasteiger partial charge in [0.05, 0.1) is 11.4 Å². The topological polar surface area (TPSA) is 83.6 Å². The van der Waals surface area contributed by atoms with Crippen LogP contribution in [-0.2, 0) is 22.3 Å². The molecule has 5 nitrogen and oxygen atoms in total. The standard InChI is InChI=1S/C14H22N2O3S/c1-14(17)5-7-16(8-6-14)20(18,19)11-13-4-2-3-12(9-13)10-15/h2-4,9,17H,5-8,10-11,15H2,1H3. The highest BCUT2D eigenvalue weighted by atomic mass is 32.2. The largest absolute Gasteiger partial charge is 0.390 e. The van der Waals surface area contributed by atoms with Crippen LogP contribution in [0.25, 0.3) is 0 Å². The van der Waals surface area contributed by atoms with Gasteiger partial charge >= 0.3 is 0 Å². The van der Waals surface area contributed by atoms with Gasteiger partial charge in [0.15, 0.2) is 0 Å². The van der Waals surface area contributed by atoms with Crippen molar-refractivity contribution in [3.63, 3.8) is 0 Å². The molecule has 0 bridgehead atoms. The second-order valence-corrected chi connectivity index (χ2v) is 7.65. The minimum atomic E-state index is -3.33. The lowest BCUT2D eigenvalue weighted by Crippen LogP contribution is -2.45. The molecule has 1 aliphatic heterocycles. The third-order valence-electron chi connectivity index (χ3n) is 3.77. The summed E-state index contributed by atoms with van der Waals surface area (Å²) in [6.45, 7) is 2.92. The van der Waals surface area contributed by atoms with Crippen LogP contribution >= 0.6 is 0 Å². The predicted octanol–water partition coefficient (Wildman–Crippen LogP) is 0.822. The first-order chi connectivity index (χ1) is 9.32. The molecule has 0 amide bonds. The minimum absolute atomic E-state index is 0.0109. The molecule has 0 atom stereocenters. The zero-order chi connectivity index (χ0) is 14.8. The van der Waals surface area contributed by atoms with E-state index in [9.17, 15) is 13.5 Å². The third-order valence-corrected chi connectivity index (χ3v) is 5.62. The normalized spacial score (nSPS) is 19.9. The molecule has 0 radical (unpaired) electrons. The van der Waals surface area contributed by atoms with Crippen LogP contribution < -0.4 is 5.73 Å². The Morgan fingerprint density at radius 2 is 1.90 bits per heavy atom. The summed E-state index contributed by atoms with van der Waals surface area (Å²) in [6, 6.07) is 7.34. The molecule has 0 aromatic heterocycles. The number of nitrogens with zero attached hydrogens (tertiary/aromatic N) is 1. The van der Waals surface area contributed by atoms with Crippen molar-refractivity contribution >= 4 is 10.0 Å². The summed E-state index contributed by atoms with van der Waals surface area (Å²) < 4.78 is 26.2. The van der Waals surface area contributed by atoms with Gasteiger partial charge in [0, 0.05) is 19.6 Å². The Morgan fingerprint density at radius 3 is 2.50 bits per heavy atom. The molecule has 2 rings (SSSR count). The summed E-state index contributed by atoms with van der Waals surface area (Å²) in [4.78, 5) is 0. The Bertz CT molecular complexity index is 560. The lowest BCUT2D eigenvalue weighted by atomic mass is 9.95. The predicted molar refractivity (Wildman–Crippen MR) is 78.4 cm³/mol. The minimum Gasteiger partial charge on any atom is -0.390 e. The molecule has 6 heteroatoms. The zero-order valence-corrected chi connectivity index (χ0v) is 12.6. The average molecular weight is 298 g/mol. The fourth-order valence-electron chi connectivity index (χ4n) is 2.39. The molecule has 0 spiro atoms.